The van der Waals surface area contributed by atoms with Crippen LogP contribution in [0, 0.1) is 17.9 Å². The van der Waals surface area contributed by atoms with E-state index >= 15 is 0 Å². The summed E-state index contributed by atoms with van der Waals surface area (Å²) in [5.41, 5.74) is 6.13. The molecule has 1 aromatic heterocycles. The lowest BCUT2D eigenvalue weighted by Crippen LogP contribution is -2.51. The van der Waals surface area contributed by atoms with E-state index in [0.29, 0.717) is 25.6 Å². The molecule has 0 bridgehead atoms. The summed E-state index contributed by atoms with van der Waals surface area (Å²) in [6.07, 6.45) is -5.59. The van der Waals surface area contributed by atoms with E-state index in [2.05, 4.69) is 36.3 Å². The van der Waals surface area contributed by atoms with Crippen LogP contribution in [0.4, 0.5) is 18.0 Å². The summed E-state index contributed by atoms with van der Waals surface area (Å²) in [5, 5.41) is 35.1. The molecular weight excluding hydrogens is 769 g/mol. The van der Waals surface area contributed by atoms with E-state index in [4.69, 9.17) is 41.7 Å². The molecule has 0 fully saturated rings. The predicted octanol–water partition coefficient (Wildman–Crippen LogP) is 3.46. The van der Waals surface area contributed by atoms with Crippen molar-refractivity contribution in [2.45, 2.75) is 90.2 Å². The van der Waals surface area contributed by atoms with Gasteiger partial charge in [0.25, 0.3) is 0 Å². The molecule has 0 saturated carbocycles. The number of nitrogens with one attached hydrogen (secondary N) is 3. The summed E-state index contributed by atoms with van der Waals surface area (Å²) in [6, 6.07) is 19.7. The van der Waals surface area contributed by atoms with Crippen molar-refractivity contribution in [3.63, 3.8) is 0 Å². The molecule has 3 aromatic rings. The van der Waals surface area contributed by atoms with Crippen molar-refractivity contribution in [3.8, 4) is 6.07 Å². The lowest BCUT2D eigenvalue weighted by atomic mass is 10.1. The number of carbonyl (C=O) groups excluding carboxylic acids is 3. The summed E-state index contributed by atoms with van der Waals surface area (Å²) >= 11 is 0. The topological polar surface area (TPSA) is 250 Å². The monoisotopic (exact) mass is 818 g/mol. The molecule has 3 rings (SSSR count). The minimum absolute atomic E-state index is 0.00742. The zero-order valence-corrected chi connectivity index (χ0v) is 32.8. The zero-order chi connectivity index (χ0) is 43.8. The van der Waals surface area contributed by atoms with Gasteiger partial charge in [0.2, 0.25) is 18.4 Å². The van der Waals surface area contributed by atoms with Gasteiger partial charge in [-0.25, -0.2) is 20.8 Å². The van der Waals surface area contributed by atoms with Crippen LogP contribution in [0.15, 0.2) is 60.7 Å². The molecule has 0 radical (unpaired) electrons. The maximum Gasteiger partial charge on any atom is 0.490 e. The Morgan fingerprint density at radius 3 is 1.95 bits per heavy atom. The van der Waals surface area contributed by atoms with Gasteiger partial charge in [0.15, 0.2) is 5.82 Å². The van der Waals surface area contributed by atoms with Gasteiger partial charge in [0.05, 0.1) is 44.5 Å². The summed E-state index contributed by atoms with van der Waals surface area (Å²) in [7, 11) is 0. The summed E-state index contributed by atoms with van der Waals surface area (Å²) < 4.78 is 49.7. The van der Waals surface area contributed by atoms with E-state index in [9.17, 15) is 27.6 Å². The average Bonchev–Trinajstić information content (AvgIpc) is 3.61. The van der Waals surface area contributed by atoms with E-state index in [1.807, 2.05) is 66.7 Å². The fourth-order valence-electron chi connectivity index (χ4n) is 4.03. The van der Waals surface area contributed by atoms with Crippen molar-refractivity contribution in [2.24, 2.45) is 5.73 Å². The molecule has 58 heavy (non-hydrogen) atoms. The first-order valence-electron chi connectivity index (χ1n) is 17.5. The summed E-state index contributed by atoms with van der Waals surface area (Å²) in [6.45, 7) is 17.0. The predicted molar refractivity (Wildman–Crippen MR) is 201 cm³/mol. The molecule has 0 aliphatic carbocycles. The van der Waals surface area contributed by atoms with Gasteiger partial charge < -0.3 is 45.8 Å². The number of hydrogen-bond donors (Lipinski definition) is 5. The SMILES string of the molecule is CC(C)(C)OC(=O)N[C@H](COCc1ccccc1)C(=O)NCCC#N.O=C(O)C(F)(F)F.[C-]#[N+]CCn1nnnc1[C@@H](COCc1ccccc1)NC(=O)C(C)(C)N. The van der Waals surface area contributed by atoms with Gasteiger partial charge in [-0.1, -0.05) is 60.7 Å². The molecule has 2 atom stereocenters. The molecule has 0 aliphatic rings. The highest BCUT2D eigenvalue weighted by Gasteiger charge is 2.38. The number of ether oxygens (including phenoxy) is 3. The van der Waals surface area contributed by atoms with Crippen LogP contribution in [-0.4, -0.2) is 98.9 Å². The molecule has 3 amide bonds. The third-order valence-electron chi connectivity index (χ3n) is 6.76. The highest BCUT2D eigenvalue weighted by molar-refractivity contribution is 5.86. The smallest absolute Gasteiger partial charge is 0.475 e. The highest BCUT2D eigenvalue weighted by atomic mass is 19.4. The Kier molecular flexibility index (Phi) is 21.6. The maximum atomic E-state index is 12.3. The van der Waals surface area contributed by atoms with Gasteiger partial charge in [-0.3, -0.25) is 9.59 Å². The maximum absolute atomic E-state index is 12.3. The van der Waals surface area contributed by atoms with Crippen molar-refractivity contribution in [3.05, 3.63) is 89.0 Å². The fourth-order valence-corrected chi connectivity index (χ4v) is 4.03. The number of amides is 3. The van der Waals surface area contributed by atoms with Gasteiger partial charge >= 0.3 is 18.2 Å². The van der Waals surface area contributed by atoms with Crippen molar-refractivity contribution in [1.29, 1.82) is 5.26 Å². The number of aliphatic carboxylic acids is 1. The second kappa shape index (κ2) is 25.2. The van der Waals surface area contributed by atoms with Crippen LogP contribution in [0.3, 0.4) is 0 Å². The average molecular weight is 819 g/mol. The first kappa shape index (κ1) is 49.9. The van der Waals surface area contributed by atoms with Crippen LogP contribution in [0.2, 0.25) is 0 Å². The number of benzene rings is 2. The minimum atomic E-state index is -5.08. The first-order chi connectivity index (χ1) is 27.2. The van der Waals surface area contributed by atoms with Crippen LogP contribution in [0.5, 0.6) is 0 Å². The number of carboxylic acids is 1. The van der Waals surface area contributed by atoms with Crippen LogP contribution >= 0.6 is 0 Å². The van der Waals surface area contributed by atoms with Crippen LogP contribution in [0.25, 0.3) is 4.85 Å². The number of alkyl halides is 3. The number of alkyl carbamates (subject to hydrolysis) is 1. The third kappa shape index (κ3) is 21.8. The molecular formula is C37H49F3N10O8. The Labute approximate surface area is 334 Å². The Bertz CT molecular complexity index is 1790. The van der Waals surface area contributed by atoms with E-state index < -0.39 is 47.4 Å². The number of aromatic nitrogens is 4. The van der Waals surface area contributed by atoms with E-state index in [1.165, 1.54) is 4.68 Å². The molecule has 2 aromatic carbocycles. The molecule has 1 heterocycles. The van der Waals surface area contributed by atoms with Gasteiger partial charge in [-0.05, 0) is 56.2 Å². The minimum Gasteiger partial charge on any atom is -0.475 e. The molecule has 0 aliphatic heterocycles. The van der Waals surface area contributed by atoms with Gasteiger partial charge in [-0.15, -0.1) is 5.10 Å². The number of halogens is 3. The number of nitrogens with zero attached hydrogens (tertiary/aromatic N) is 6. The van der Waals surface area contributed by atoms with E-state index in [1.54, 1.807) is 34.6 Å². The number of nitriles is 1. The number of carbonyl (C=O) groups is 4. The zero-order valence-electron chi connectivity index (χ0n) is 32.8. The molecule has 0 unspecified atom stereocenters. The molecule has 0 saturated heterocycles. The van der Waals surface area contributed by atoms with Gasteiger partial charge in [0.1, 0.15) is 24.2 Å². The lowest BCUT2D eigenvalue weighted by molar-refractivity contribution is -0.192. The number of hydrogen-bond acceptors (Lipinski definition) is 12. The van der Waals surface area contributed by atoms with Crippen LogP contribution in [0.1, 0.15) is 64.0 Å². The second-order valence-corrected chi connectivity index (χ2v) is 13.6. The molecule has 0 spiro atoms. The Balaban J connectivity index is 0.000000499. The number of rotatable bonds is 17. The van der Waals surface area contributed by atoms with Crippen LogP contribution < -0.4 is 21.7 Å². The van der Waals surface area contributed by atoms with Crippen LogP contribution in [-0.2, 0) is 48.4 Å². The number of tetrazole rings is 1. The Morgan fingerprint density at radius 2 is 1.48 bits per heavy atom. The number of nitrogens with two attached hydrogens (primary N) is 1. The van der Waals surface area contributed by atoms with Crippen molar-refractivity contribution < 1.29 is 51.7 Å². The van der Waals surface area contributed by atoms with Crippen molar-refractivity contribution in [1.82, 2.24) is 36.2 Å². The largest absolute Gasteiger partial charge is 0.490 e. The van der Waals surface area contributed by atoms with Crippen molar-refractivity contribution in [2.75, 3.05) is 26.3 Å². The fraction of sp³-hybridized carbons (Fsp3) is 0.486. The van der Waals surface area contributed by atoms with Crippen molar-refractivity contribution >= 4 is 23.9 Å². The summed E-state index contributed by atoms with van der Waals surface area (Å²) in [5.74, 6) is -3.09. The van der Waals surface area contributed by atoms with Gasteiger partial charge in [0, 0.05) is 6.54 Å². The lowest BCUT2D eigenvalue weighted by Gasteiger charge is -2.23. The van der Waals surface area contributed by atoms with Gasteiger partial charge in [-0.2, -0.15) is 18.4 Å². The third-order valence-corrected chi connectivity index (χ3v) is 6.76. The second-order valence-electron chi connectivity index (χ2n) is 13.6. The summed E-state index contributed by atoms with van der Waals surface area (Å²) in [4.78, 5) is 48.6. The standard InChI is InChI=1S/C18H25N3O4.C17H23N7O2.C2HF3O2/c1-18(2,3)25-17(23)21-15(16(22)20-11-7-10-19)13-24-12-14-8-5-4-6-9-14;1-17(2,18)16(25)20-14(12-26-11-13-7-5-4-6-8-13)15-21-22-23-24(15)10-9-19-3;3-2(4,5)1(6)7/h4-6,8-9,15H,7,11-13H2,1-3H3,(H,20,22)(H,21,23);4-8,14H,9-12,18H2,1-2H3,(H,20,25);(H,6,7)/t15-;14-;/m11./s1. The molecule has 21 heteroatoms. The Hall–Kier alpha value is -6.16. The normalized spacial score (nSPS) is 12.1. The molecule has 6 N–H and O–H groups in total. The first-order valence-corrected chi connectivity index (χ1v) is 17.5. The Morgan fingerprint density at radius 1 is 0.948 bits per heavy atom. The van der Waals surface area contributed by atoms with E-state index in [0.717, 1.165) is 11.1 Å². The molecule has 18 nitrogen and oxygen atoms in total. The molecule has 316 valence electrons. The quantitative estimate of drug-likeness (QED) is 0.0968. The van der Waals surface area contributed by atoms with E-state index in [-0.39, 0.29) is 38.6 Å². The number of carboxylic acid groups (broad SMARTS) is 1. The highest BCUT2D eigenvalue weighted by Crippen LogP contribution is 2.14.